The lowest BCUT2D eigenvalue weighted by molar-refractivity contribution is -0.118. The number of carbonyl (C=O) groups is 1. The first-order valence-electron chi connectivity index (χ1n) is 6.22. The summed E-state index contributed by atoms with van der Waals surface area (Å²) in [4.78, 5) is 12.0. The van der Waals surface area contributed by atoms with Crippen molar-refractivity contribution < 1.29 is 4.79 Å². The highest BCUT2D eigenvalue weighted by molar-refractivity contribution is 6.31. The van der Waals surface area contributed by atoms with Gasteiger partial charge in [0.25, 0.3) is 0 Å². The lowest BCUT2D eigenvalue weighted by Gasteiger charge is -2.11. The van der Waals surface area contributed by atoms with Gasteiger partial charge in [0, 0.05) is 23.9 Å². The summed E-state index contributed by atoms with van der Waals surface area (Å²) >= 11 is 6.04. The van der Waals surface area contributed by atoms with Crippen LogP contribution >= 0.6 is 11.6 Å². The van der Waals surface area contributed by atoms with Crippen molar-refractivity contribution in [3.8, 4) is 0 Å². The Hall–Kier alpha value is -1.64. The van der Waals surface area contributed by atoms with Crippen LogP contribution < -0.4 is 5.73 Å². The van der Waals surface area contributed by atoms with Crippen LogP contribution in [0.5, 0.6) is 0 Å². The Balaban J connectivity index is 1.97. The third-order valence-electron chi connectivity index (χ3n) is 3.02. The number of carbonyl (C=O) groups excluding carboxylic acids is 1. The number of ketones is 1. The summed E-state index contributed by atoms with van der Waals surface area (Å²) in [5.41, 5.74) is 7.87. The second kappa shape index (κ2) is 6.50. The molecule has 2 nitrogen and oxygen atoms in total. The van der Waals surface area contributed by atoms with Crippen molar-refractivity contribution in [1.82, 2.24) is 0 Å². The summed E-state index contributed by atoms with van der Waals surface area (Å²) in [6.45, 7) is 0. The van der Waals surface area contributed by atoms with Gasteiger partial charge in [-0.05, 0) is 17.2 Å². The third kappa shape index (κ3) is 3.91. The average molecular weight is 274 g/mol. The zero-order valence-electron chi connectivity index (χ0n) is 10.6. The molecule has 1 atom stereocenters. The van der Waals surface area contributed by atoms with Crippen LogP contribution in [0.25, 0.3) is 0 Å². The zero-order chi connectivity index (χ0) is 13.7. The van der Waals surface area contributed by atoms with Crippen LogP contribution in [0.4, 0.5) is 0 Å². The van der Waals surface area contributed by atoms with E-state index in [9.17, 15) is 4.79 Å². The molecule has 0 spiro atoms. The van der Waals surface area contributed by atoms with Crippen LogP contribution in [0.1, 0.15) is 23.6 Å². The summed E-state index contributed by atoms with van der Waals surface area (Å²) < 4.78 is 0. The number of halogens is 1. The quantitative estimate of drug-likeness (QED) is 0.905. The van der Waals surface area contributed by atoms with Crippen molar-refractivity contribution in [3.63, 3.8) is 0 Å². The molecular formula is C16H16ClNO. The van der Waals surface area contributed by atoms with Crippen molar-refractivity contribution in [3.05, 3.63) is 70.7 Å². The predicted molar refractivity (Wildman–Crippen MR) is 78.2 cm³/mol. The molecule has 0 saturated carbocycles. The van der Waals surface area contributed by atoms with Gasteiger partial charge >= 0.3 is 0 Å². The molecule has 0 fully saturated rings. The minimum absolute atomic E-state index is 0.101. The first kappa shape index (κ1) is 13.8. The molecule has 0 saturated heterocycles. The maximum Gasteiger partial charge on any atom is 0.139 e. The highest BCUT2D eigenvalue weighted by Gasteiger charge is 2.13. The average Bonchev–Trinajstić information content (AvgIpc) is 2.42. The molecule has 1 unspecified atom stereocenters. The highest BCUT2D eigenvalue weighted by Crippen LogP contribution is 2.19. The van der Waals surface area contributed by atoms with E-state index >= 15 is 0 Å². The normalized spacial score (nSPS) is 12.1. The van der Waals surface area contributed by atoms with Crippen LogP contribution in [-0.4, -0.2) is 5.78 Å². The summed E-state index contributed by atoms with van der Waals surface area (Å²) in [5.74, 6) is 0.101. The van der Waals surface area contributed by atoms with Gasteiger partial charge in [-0.15, -0.1) is 0 Å². The number of Topliss-reactive ketones (excluding diaryl/α,β-unsaturated/α-hetero) is 1. The highest BCUT2D eigenvalue weighted by atomic mass is 35.5. The van der Waals surface area contributed by atoms with E-state index in [4.69, 9.17) is 17.3 Å². The fourth-order valence-electron chi connectivity index (χ4n) is 1.99. The summed E-state index contributed by atoms with van der Waals surface area (Å²) in [6.07, 6.45) is 0.662. The van der Waals surface area contributed by atoms with E-state index in [1.54, 1.807) is 6.07 Å². The number of rotatable bonds is 5. The van der Waals surface area contributed by atoms with Crippen molar-refractivity contribution >= 4 is 17.4 Å². The smallest absolute Gasteiger partial charge is 0.139 e. The third-order valence-corrected chi connectivity index (χ3v) is 3.39. The molecule has 19 heavy (non-hydrogen) atoms. The van der Waals surface area contributed by atoms with Gasteiger partial charge in [0.15, 0.2) is 0 Å². The molecule has 0 aromatic heterocycles. The van der Waals surface area contributed by atoms with E-state index in [1.165, 1.54) is 0 Å². The van der Waals surface area contributed by atoms with Gasteiger partial charge in [0.1, 0.15) is 5.78 Å². The number of hydrogen-bond acceptors (Lipinski definition) is 2. The molecule has 2 N–H and O–H groups in total. The molecule has 2 rings (SSSR count). The van der Waals surface area contributed by atoms with Crippen LogP contribution in [0.2, 0.25) is 5.02 Å². The molecule has 0 bridgehead atoms. The molecule has 0 aliphatic rings. The Labute approximate surface area is 118 Å². The van der Waals surface area contributed by atoms with E-state index in [0.717, 1.165) is 11.1 Å². The van der Waals surface area contributed by atoms with E-state index in [0.29, 0.717) is 17.9 Å². The van der Waals surface area contributed by atoms with Crippen molar-refractivity contribution in [2.75, 3.05) is 0 Å². The SMILES string of the molecule is NC(CC(=O)Cc1ccccc1Cl)c1ccccc1. The molecule has 0 heterocycles. The van der Waals surface area contributed by atoms with Gasteiger partial charge < -0.3 is 5.73 Å². The first-order chi connectivity index (χ1) is 9.16. The van der Waals surface area contributed by atoms with Gasteiger partial charge in [-0.25, -0.2) is 0 Å². The topological polar surface area (TPSA) is 43.1 Å². The molecule has 0 aliphatic carbocycles. The van der Waals surface area contributed by atoms with Crippen molar-refractivity contribution in [2.45, 2.75) is 18.9 Å². The van der Waals surface area contributed by atoms with E-state index < -0.39 is 0 Å². The van der Waals surface area contributed by atoms with E-state index in [2.05, 4.69) is 0 Å². The van der Waals surface area contributed by atoms with Gasteiger partial charge in [0.2, 0.25) is 0 Å². The summed E-state index contributed by atoms with van der Waals surface area (Å²) in [7, 11) is 0. The van der Waals surface area contributed by atoms with Crippen LogP contribution in [0.3, 0.4) is 0 Å². The molecular weight excluding hydrogens is 258 g/mol. The standard InChI is InChI=1S/C16H16ClNO/c17-15-9-5-4-8-13(15)10-14(19)11-16(18)12-6-2-1-3-7-12/h1-9,16H,10-11,18H2. The largest absolute Gasteiger partial charge is 0.324 e. The summed E-state index contributed by atoms with van der Waals surface area (Å²) in [6, 6.07) is 16.8. The molecule has 98 valence electrons. The second-order valence-electron chi connectivity index (χ2n) is 4.53. The fourth-order valence-corrected chi connectivity index (χ4v) is 2.19. The zero-order valence-corrected chi connectivity index (χ0v) is 11.3. The van der Waals surface area contributed by atoms with Gasteiger partial charge in [-0.2, -0.15) is 0 Å². The lowest BCUT2D eigenvalue weighted by Crippen LogP contribution is -2.16. The monoisotopic (exact) mass is 273 g/mol. The van der Waals surface area contributed by atoms with Gasteiger partial charge in [-0.1, -0.05) is 60.1 Å². The minimum atomic E-state index is -0.254. The van der Waals surface area contributed by atoms with E-state index in [1.807, 2.05) is 48.5 Å². The van der Waals surface area contributed by atoms with Crippen molar-refractivity contribution in [2.24, 2.45) is 5.73 Å². The maximum atomic E-state index is 12.0. The van der Waals surface area contributed by atoms with Gasteiger partial charge in [0.05, 0.1) is 0 Å². The van der Waals surface area contributed by atoms with Crippen molar-refractivity contribution in [1.29, 1.82) is 0 Å². The van der Waals surface area contributed by atoms with Crippen LogP contribution in [0.15, 0.2) is 54.6 Å². The second-order valence-corrected chi connectivity index (χ2v) is 4.94. The molecule has 2 aromatic carbocycles. The Morgan fingerprint density at radius 2 is 1.68 bits per heavy atom. The predicted octanol–water partition coefficient (Wildman–Crippen LogP) is 3.54. The Morgan fingerprint density at radius 3 is 2.37 bits per heavy atom. The lowest BCUT2D eigenvalue weighted by atomic mass is 9.99. The van der Waals surface area contributed by atoms with E-state index in [-0.39, 0.29) is 11.8 Å². The molecule has 3 heteroatoms. The number of benzene rings is 2. The number of hydrogen-bond donors (Lipinski definition) is 1. The Morgan fingerprint density at radius 1 is 1.05 bits per heavy atom. The molecule has 0 amide bonds. The molecule has 0 aliphatic heterocycles. The Bertz CT molecular complexity index is 554. The Kier molecular flexibility index (Phi) is 4.72. The summed E-state index contributed by atoms with van der Waals surface area (Å²) in [5, 5.41) is 0.629. The fraction of sp³-hybridized carbons (Fsp3) is 0.188. The minimum Gasteiger partial charge on any atom is -0.324 e. The maximum absolute atomic E-state index is 12.0. The molecule has 2 aromatic rings. The number of nitrogens with two attached hydrogens (primary N) is 1. The van der Waals surface area contributed by atoms with Crippen LogP contribution in [-0.2, 0) is 11.2 Å². The first-order valence-corrected chi connectivity index (χ1v) is 6.60. The van der Waals surface area contributed by atoms with Crippen LogP contribution in [0, 0.1) is 0 Å². The molecule has 0 radical (unpaired) electrons. The van der Waals surface area contributed by atoms with Gasteiger partial charge in [-0.3, -0.25) is 4.79 Å².